The van der Waals surface area contributed by atoms with Crippen LogP contribution in [0.2, 0.25) is 0 Å². The molecule has 1 amide bonds. The van der Waals surface area contributed by atoms with Crippen molar-refractivity contribution in [3.8, 4) is 5.75 Å². The van der Waals surface area contributed by atoms with Gasteiger partial charge in [-0.25, -0.2) is 0 Å². The Labute approximate surface area is 138 Å². The van der Waals surface area contributed by atoms with E-state index in [4.69, 9.17) is 15.2 Å². The van der Waals surface area contributed by atoms with Crippen LogP contribution in [0.25, 0.3) is 0 Å². The van der Waals surface area contributed by atoms with Crippen molar-refractivity contribution in [3.63, 3.8) is 0 Å². The summed E-state index contributed by atoms with van der Waals surface area (Å²) in [7, 11) is 1.74. The highest BCUT2D eigenvalue weighted by Crippen LogP contribution is 2.17. The molecule has 2 N–H and O–H groups in total. The first-order valence-corrected chi connectivity index (χ1v) is 8.04. The summed E-state index contributed by atoms with van der Waals surface area (Å²) in [5, 5.41) is 0. The van der Waals surface area contributed by atoms with Crippen LogP contribution in [0, 0.1) is 0 Å². The van der Waals surface area contributed by atoms with Gasteiger partial charge in [-0.15, -0.1) is 0 Å². The summed E-state index contributed by atoms with van der Waals surface area (Å²) >= 11 is 0. The van der Waals surface area contributed by atoms with Crippen molar-refractivity contribution in [1.82, 2.24) is 9.80 Å². The molecule has 1 aromatic carbocycles. The molecule has 0 aliphatic carbocycles. The Bertz CT molecular complexity index is 510. The molecular weight excluding hydrogens is 294 g/mol. The number of rotatable bonds is 8. The van der Waals surface area contributed by atoms with E-state index < -0.39 is 5.91 Å². The van der Waals surface area contributed by atoms with Gasteiger partial charge in [-0.05, 0) is 24.6 Å². The van der Waals surface area contributed by atoms with Gasteiger partial charge < -0.3 is 15.2 Å². The van der Waals surface area contributed by atoms with E-state index in [1.54, 1.807) is 7.11 Å². The molecule has 1 fully saturated rings. The molecule has 6 heteroatoms. The van der Waals surface area contributed by atoms with Gasteiger partial charge in [0.1, 0.15) is 5.75 Å². The average molecular weight is 321 g/mol. The van der Waals surface area contributed by atoms with Gasteiger partial charge in [0.05, 0.1) is 6.61 Å². The van der Waals surface area contributed by atoms with Gasteiger partial charge in [-0.1, -0.05) is 12.1 Å². The third kappa shape index (κ3) is 5.82. The third-order valence-electron chi connectivity index (χ3n) is 4.12. The van der Waals surface area contributed by atoms with Gasteiger partial charge in [0.2, 0.25) is 0 Å². The minimum absolute atomic E-state index is 0.0847. The number of nitrogens with two attached hydrogens (primary N) is 1. The Hall–Kier alpha value is -1.63. The Morgan fingerprint density at radius 2 is 2.22 bits per heavy atom. The number of amides is 1. The number of piperazine rings is 1. The monoisotopic (exact) mass is 321 g/mol. The predicted octanol–water partition coefficient (Wildman–Crippen LogP) is 0.703. The summed E-state index contributed by atoms with van der Waals surface area (Å²) < 4.78 is 10.5. The Morgan fingerprint density at radius 3 is 2.91 bits per heavy atom. The molecule has 1 aromatic rings. The molecule has 0 saturated carbocycles. The lowest BCUT2D eigenvalue weighted by atomic mass is 10.1. The molecular formula is C17H27N3O3. The molecule has 0 bridgehead atoms. The Kier molecular flexibility index (Phi) is 6.83. The SMILES string of the molecule is COCCN1CCN(Cc2cccc(OCC(N)=O)c2)CC1C. The van der Waals surface area contributed by atoms with E-state index in [0.717, 1.165) is 39.3 Å². The number of hydrogen-bond acceptors (Lipinski definition) is 5. The number of benzene rings is 1. The van der Waals surface area contributed by atoms with Crippen LogP contribution in [-0.2, 0) is 16.1 Å². The summed E-state index contributed by atoms with van der Waals surface area (Å²) in [6.45, 7) is 7.97. The molecule has 128 valence electrons. The number of ether oxygens (including phenoxy) is 2. The van der Waals surface area contributed by atoms with E-state index in [9.17, 15) is 4.79 Å². The lowest BCUT2D eigenvalue weighted by Gasteiger charge is -2.39. The molecule has 0 radical (unpaired) electrons. The normalized spacial score (nSPS) is 19.7. The minimum atomic E-state index is -0.462. The van der Waals surface area contributed by atoms with Crippen LogP contribution < -0.4 is 10.5 Å². The lowest BCUT2D eigenvalue weighted by molar-refractivity contribution is -0.119. The highest BCUT2D eigenvalue weighted by atomic mass is 16.5. The van der Waals surface area contributed by atoms with Gasteiger partial charge in [-0.2, -0.15) is 0 Å². The highest BCUT2D eigenvalue weighted by Gasteiger charge is 2.23. The van der Waals surface area contributed by atoms with Crippen LogP contribution >= 0.6 is 0 Å². The van der Waals surface area contributed by atoms with Gasteiger partial charge in [-0.3, -0.25) is 14.6 Å². The second kappa shape index (κ2) is 8.86. The summed E-state index contributed by atoms with van der Waals surface area (Å²) in [4.78, 5) is 15.7. The second-order valence-electron chi connectivity index (χ2n) is 6.02. The summed E-state index contributed by atoms with van der Waals surface area (Å²) in [6.07, 6.45) is 0. The molecule has 2 rings (SSSR count). The number of hydrogen-bond donors (Lipinski definition) is 1. The zero-order valence-corrected chi connectivity index (χ0v) is 14.0. The first kappa shape index (κ1) is 17.7. The predicted molar refractivity (Wildman–Crippen MR) is 89.3 cm³/mol. The Balaban J connectivity index is 1.85. The molecule has 1 unspecified atom stereocenters. The van der Waals surface area contributed by atoms with Crippen LogP contribution in [0.5, 0.6) is 5.75 Å². The van der Waals surface area contributed by atoms with Crippen molar-refractivity contribution in [2.24, 2.45) is 5.73 Å². The molecule has 6 nitrogen and oxygen atoms in total. The van der Waals surface area contributed by atoms with E-state index in [1.807, 2.05) is 18.2 Å². The number of carbonyl (C=O) groups is 1. The fraction of sp³-hybridized carbons (Fsp3) is 0.588. The van der Waals surface area contributed by atoms with Crippen molar-refractivity contribution >= 4 is 5.91 Å². The van der Waals surface area contributed by atoms with Crippen molar-refractivity contribution in [2.45, 2.75) is 19.5 Å². The summed E-state index contributed by atoms with van der Waals surface area (Å²) in [5.74, 6) is 0.226. The van der Waals surface area contributed by atoms with Crippen LogP contribution in [-0.4, -0.2) is 68.3 Å². The first-order valence-electron chi connectivity index (χ1n) is 8.04. The molecule has 0 spiro atoms. The number of carbonyl (C=O) groups excluding carboxylic acids is 1. The molecule has 1 aliphatic heterocycles. The van der Waals surface area contributed by atoms with Crippen molar-refractivity contribution < 1.29 is 14.3 Å². The fourth-order valence-corrected chi connectivity index (χ4v) is 2.90. The van der Waals surface area contributed by atoms with Gasteiger partial charge in [0.25, 0.3) is 5.91 Å². The maximum Gasteiger partial charge on any atom is 0.255 e. The molecule has 1 aliphatic rings. The lowest BCUT2D eigenvalue weighted by Crippen LogP contribution is -2.52. The molecule has 23 heavy (non-hydrogen) atoms. The van der Waals surface area contributed by atoms with E-state index in [-0.39, 0.29) is 6.61 Å². The molecule has 1 heterocycles. The van der Waals surface area contributed by atoms with E-state index >= 15 is 0 Å². The van der Waals surface area contributed by atoms with Crippen LogP contribution in [0.4, 0.5) is 0 Å². The maximum absolute atomic E-state index is 10.8. The van der Waals surface area contributed by atoms with Gasteiger partial charge >= 0.3 is 0 Å². The highest BCUT2D eigenvalue weighted by molar-refractivity contribution is 5.75. The smallest absolute Gasteiger partial charge is 0.255 e. The van der Waals surface area contributed by atoms with Crippen molar-refractivity contribution in [2.75, 3.05) is 46.5 Å². The quantitative estimate of drug-likeness (QED) is 0.763. The fourth-order valence-electron chi connectivity index (χ4n) is 2.90. The zero-order chi connectivity index (χ0) is 16.7. The van der Waals surface area contributed by atoms with E-state index in [0.29, 0.717) is 11.8 Å². The Morgan fingerprint density at radius 1 is 1.39 bits per heavy atom. The molecule has 1 atom stereocenters. The number of methoxy groups -OCH3 is 1. The van der Waals surface area contributed by atoms with Crippen molar-refractivity contribution in [1.29, 1.82) is 0 Å². The topological polar surface area (TPSA) is 68.0 Å². The average Bonchev–Trinajstić information content (AvgIpc) is 2.52. The maximum atomic E-state index is 10.8. The van der Waals surface area contributed by atoms with E-state index in [2.05, 4.69) is 22.8 Å². The van der Waals surface area contributed by atoms with Crippen LogP contribution in [0.3, 0.4) is 0 Å². The van der Waals surface area contributed by atoms with Gasteiger partial charge in [0.15, 0.2) is 6.61 Å². The third-order valence-corrected chi connectivity index (χ3v) is 4.12. The van der Waals surface area contributed by atoms with E-state index in [1.165, 1.54) is 5.56 Å². The van der Waals surface area contributed by atoms with Crippen LogP contribution in [0.15, 0.2) is 24.3 Å². The second-order valence-corrected chi connectivity index (χ2v) is 6.02. The largest absolute Gasteiger partial charge is 0.484 e. The first-order chi connectivity index (χ1) is 11.1. The standard InChI is InChI=1S/C17H27N3O3/c1-14-11-19(6-7-20(14)8-9-22-2)12-15-4-3-5-16(10-15)23-13-17(18)21/h3-5,10,14H,6-9,11-13H2,1-2H3,(H2,18,21). The number of primary amides is 1. The minimum Gasteiger partial charge on any atom is -0.484 e. The van der Waals surface area contributed by atoms with Gasteiger partial charge in [0, 0.05) is 45.9 Å². The summed E-state index contributed by atoms with van der Waals surface area (Å²) in [5.41, 5.74) is 6.29. The molecule has 0 aromatic heterocycles. The van der Waals surface area contributed by atoms with Crippen molar-refractivity contribution in [3.05, 3.63) is 29.8 Å². The molecule has 1 saturated heterocycles. The summed E-state index contributed by atoms with van der Waals surface area (Å²) in [6, 6.07) is 8.37. The number of nitrogens with zero attached hydrogens (tertiary/aromatic N) is 2. The zero-order valence-electron chi connectivity index (χ0n) is 14.0. The van der Waals surface area contributed by atoms with Crippen LogP contribution in [0.1, 0.15) is 12.5 Å².